The minimum absolute atomic E-state index is 0.0927. The number of amides is 2. The summed E-state index contributed by atoms with van der Waals surface area (Å²) in [6.07, 6.45) is 2.53. The Morgan fingerprint density at radius 1 is 1.05 bits per heavy atom. The van der Waals surface area contributed by atoms with Crippen LogP contribution < -0.4 is 5.32 Å². The lowest BCUT2D eigenvalue weighted by Gasteiger charge is -2.48. The van der Waals surface area contributed by atoms with E-state index in [1.807, 2.05) is 0 Å². The number of esters is 1. The summed E-state index contributed by atoms with van der Waals surface area (Å²) in [6, 6.07) is 14.1. The maximum atomic E-state index is 14.1. The van der Waals surface area contributed by atoms with Crippen molar-refractivity contribution in [2.24, 2.45) is 0 Å². The van der Waals surface area contributed by atoms with Crippen molar-refractivity contribution in [3.05, 3.63) is 92.9 Å². The zero-order valence-corrected chi connectivity index (χ0v) is 26.0. The van der Waals surface area contributed by atoms with E-state index in [0.29, 0.717) is 51.8 Å². The maximum absolute atomic E-state index is 14.1. The highest BCUT2D eigenvalue weighted by Crippen LogP contribution is 2.47. The van der Waals surface area contributed by atoms with Gasteiger partial charge in [0.2, 0.25) is 11.7 Å². The standard InChI is InChI=1S/C33H36Cl2N2O6/c1-33(2,3)43-32(41)27-15-13-20(42-27)16-17-36-30(39)28-21-8-4-5-9-22(21)31(40)37(25-10-6-7-11-26(25)38)29(28)23-14-12-19(34)18-24(23)35/h4-5,8-9,12-15,18,25-26,28-29,38H,6-7,10-11,16-17H2,1-3H3,(H,36,39)/t25-,26-,28+,29-/m0/s1. The number of hydrogen-bond donors (Lipinski definition) is 2. The number of nitrogens with one attached hydrogen (secondary N) is 1. The lowest BCUT2D eigenvalue weighted by molar-refractivity contribution is -0.125. The zero-order chi connectivity index (χ0) is 30.9. The highest BCUT2D eigenvalue weighted by Gasteiger charge is 2.48. The van der Waals surface area contributed by atoms with Crippen LogP contribution >= 0.6 is 23.2 Å². The predicted octanol–water partition coefficient (Wildman–Crippen LogP) is 6.48. The van der Waals surface area contributed by atoms with Gasteiger partial charge >= 0.3 is 5.97 Å². The molecule has 0 bridgehead atoms. The lowest BCUT2D eigenvalue weighted by Crippen LogP contribution is -2.55. The van der Waals surface area contributed by atoms with Crippen LogP contribution in [-0.4, -0.2) is 52.1 Å². The summed E-state index contributed by atoms with van der Waals surface area (Å²) in [7, 11) is 0. The molecular formula is C33H36Cl2N2O6. The van der Waals surface area contributed by atoms with Crippen LogP contribution in [0.4, 0.5) is 0 Å². The minimum Gasteiger partial charge on any atom is -0.454 e. The van der Waals surface area contributed by atoms with Crippen molar-refractivity contribution in [2.45, 2.75) is 82.6 Å². The molecule has 5 rings (SSSR count). The van der Waals surface area contributed by atoms with Gasteiger partial charge in [0.15, 0.2) is 0 Å². The van der Waals surface area contributed by atoms with Crippen molar-refractivity contribution in [1.82, 2.24) is 10.2 Å². The monoisotopic (exact) mass is 626 g/mol. The molecule has 0 unspecified atom stereocenters. The number of halogens is 2. The third kappa shape index (κ3) is 6.77. The van der Waals surface area contributed by atoms with E-state index in [2.05, 4.69) is 5.32 Å². The van der Waals surface area contributed by atoms with Gasteiger partial charge in [-0.1, -0.05) is 60.3 Å². The lowest BCUT2D eigenvalue weighted by atomic mass is 9.76. The molecule has 0 spiro atoms. The van der Waals surface area contributed by atoms with Crippen LogP contribution in [0, 0.1) is 0 Å². The fraction of sp³-hybridized carbons (Fsp3) is 0.424. The van der Waals surface area contributed by atoms with Crippen LogP contribution in [-0.2, 0) is 16.0 Å². The van der Waals surface area contributed by atoms with Gasteiger partial charge in [0.05, 0.1) is 24.1 Å². The van der Waals surface area contributed by atoms with Gasteiger partial charge in [-0.2, -0.15) is 0 Å². The van der Waals surface area contributed by atoms with Gasteiger partial charge in [0.25, 0.3) is 5.91 Å². The van der Waals surface area contributed by atoms with Crippen molar-refractivity contribution in [3.63, 3.8) is 0 Å². The Morgan fingerprint density at radius 2 is 1.79 bits per heavy atom. The topological polar surface area (TPSA) is 109 Å². The zero-order valence-electron chi connectivity index (χ0n) is 24.4. The van der Waals surface area contributed by atoms with Gasteiger partial charge < -0.3 is 24.5 Å². The second kappa shape index (κ2) is 12.7. The number of carbonyl (C=O) groups excluding carboxylic acids is 3. The van der Waals surface area contributed by atoms with Crippen LogP contribution in [0.2, 0.25) is 10.0 Å². The maximum Gasteiger partial charge on any atom is 0.374 e. The van der Waals surface area contributed by atoms with Crippen molar-refractivity contribution in [2.75, 3.05) is 6.54 Å². The quantitative estimate of drug-likeness (QED) is 0.290. The molecule has 3 aromatic rings. The number of hydrogen-bond acceptors (Lipinski definition) is 6. The molecule has 2 heterocycles. The van der Waals surface area contributed by atoms with E-state index < -0.39 is 35.7 Å². The molecule has 10 heteroatoms. The average molecular weight is 628 g/mol. The summed E-state index contributed by atoms with van der Waals surface area (Å²) < 4.78 is 11.0. The largest absolute Gasteiger partial charge is 0.454 e. The van der Waals surface area contributed by atoms with Crippen LogP contribution in [0.1, 0.15) is 96.2 Å². The number of rotatable bonds is 7. The number of carbonyl (C=O) groups is 3. The third-order valence-electron chi connectivity index (χ3n) is 7.92. The second-order valence-electron chi connectivity index (χ2n) is 12.1. The first-order valence-electron chi connectivity index (χ1n) is 14.6. The minimum atomic E-state index is -0.810. The Balaban J connectivity index is 1.45. The SMILES string of the molecule is CC(C)(C)OC(=O)c1ccc(CCNC(=O)[C@@H]2c3ccccc3C(=O)N([C@H]3CCCC[C@@H]3O)[C@H]2c2ccc(Cl)cc2Cl)o1. The summed E-state index contributed by atoms with van der Waals surface area (Å²) in [4.78, 5) is 42.2. The summed E-state index contributed by atoms with van der Waals surface area (Å²) in [5.74, 6) is -1.30. The number of benzene rings is 2. The van der Waals surface area contributed by atoms with E-state index in [-0.39, 0.29) is 24.1 Å². The molecule has 43 heavy (non-hydrogen) atoms. The van der Waals surface area contributed by atoms with E-state index in [9.17, 15) is 19.5 Å². The summed E-state index contributed by atoms with van der Waals surface area (Å²) in [5.41, 5.74) is 0.947. The summed E-state index contributed by atoms with van der Waals surface area (Å²) in [6.45, 7) is 5.56. The van der Waals surface area contributed by atoms with Gasteiger partial charge in [-0.25, -0.2) is 4.79 Å². The van der Waals surface area contributed by atoms with Gasteiger partial charge in [-0.05, 0) is 75.1 Å². The second-order valence-corrected chi connectivity index (χ2v) is 13.0. The Labute approximate surface area is 261 Å². The smallest absolute Gasteiger partial charge is 0.374 e. The fourth-order valence-electron chi connectivity index (χ4n) is 6.06. The van der Waals surface area contributed by atoms with Crippen molar-refractivity contribution in [1.29, 1.82) is 0 Å². The van der Waals surface area contributed by atoms with Crippen molar-refractivity contribution in [3.8, 4) is 0 Å². The molecule has 1 aliphatic heterocycles. The number of furan rings is 1. The van der Waals surface area contributed by atoms with Gasteiger partial charge in [0.1, 0.15) is 11.4 Å². The molecule has 2 aromatic carbocycles. The molecule has 0 radical (unpaired) electrons. The van der Waals surface area contributed by atoms with Crippen LogP contribution in [0.25, 0.3) is 0 Å². The molecule has 1 aromatic heterocycles. The van der Waals surface area contributed by atoms with Crippen LogP contribution in [0.15, 0.2) is 59.0 Å². The molecule has 4 atom stereocenters. The molecule has 1 aliphatic carbocycles. The molecule has 2 amide bonds. The average Bonchev–Trinajstić information content (AvgIpc) is 3.42. The highest BCUT2D eigenvalue weighted by molar-refractivity contribution is 6.35. The molecular weight excluding hydrogens is 591 g/mol. The van der Waals surface area contributed by atoms with Crippen molar-refractivity contribution >= 4 is 41.0 Å². The number of aliphatic hydroxyl groups excluding tert-OH is 1. The van der Waals surface area contributed by atoms with Crippen molar-refractivity contribution < 1.29 is 28.6 Å². The molecule has 1 saturated carbocycles. The van der Waals surface area contributed by atoms with E-state index in [1.165, 1.54) is 0 Å². The number of aliphatic hydroxyl groups is 1. The highest BCUT2D eigenvalue weighted by atomic mass is 35.5. The van der Waals surface area contributed by atoms with E-state index >= 15 is 0 Å². The molecule has 2 N–H and O–H groups in total. The Hall–Kier alpha value is -3.33. The normalized spacial score (nSPS) is 22.2. The molecule has 228 valence electrons. The van der Waals surface area contributed by atoms with Gasteiger partial charge in [-0.15, -0.1) is 0 Å². The Morgan fingerprint density at radius 3 is 2.51 bits per heavy atom. The molecule has 1 fully saturated rings. The fourth-order valence-corrected chi connectivity index (χ4v) is 6.58. The first kappa shape index (κ1) is 31.1. The molecule has 8 nitrogen and oxygen atoms in total. The van der Waals surface area contributed by atoms with E-state index in [4.69, 9.17) is 32.4 Å². The number of nitrogens with zero attached hydrogens (tertiary/aromatic N) is 1. The first-order valence-corrected chi connectivity index (χ1v) is 15.3. The van der Waals surface area contributed by atoms with Crippen LogP contribution in [0.5, 0.6) is 0 Å². The first-order chi connectivity index (χ1) is 20.4. The number of ether oxygens (including phenoxy) is 1. The molecule has 2 aliphatic rings. The Kier molecular flexibility index (Phi) is 9.20. The predicted molar refractivity (Wildman–Crippen MR) is 163 cm³/mol. The molecule has 0 saturated heterocycles. The summed E-state index contributed by atoms with van der Waals surface area (Å²) >= 11 is 13.0. The third-order valence-corrected chi connectivity index (χ3v) is 8.49. The number of fused-ring (bicyclic) bond motifs is 1. The van der Waals surface area contributed by atoms with E-state index in [1.54, 1.807) is 80.3 Å². The van der Waals surface area contributed by atoms with Crippen LogP contribution in [0.3, 0.4) is 0 Å². The Bertz CT molecular complexity index is 1510. The van der Waals surface area contributed by atoms with E-state index in [0.717, 1.165) is 12.8 Å². The summed E-state index contributed by atoms with van der Waals surface area (Å²) in [5, 5.41) is 14.9. The van der Waals surface area contributed by atoms with Gasteiger partial charge in [-0.3, -0.25) is 9.59 Å². The van der Waals surface area contributed by atoms with Gasteiger partial charge in [0, 0.05) is 28.6 Å².